The van der Waals surface area contributed by atoms with Gasteiger partial charge in [-0.2, -0.15) is 5.10 Å². The Labute approximate surface area is 288 Å². The van der Waals surface area contributed by atoms with Crippen molar-refractivity contribution in [2.45, 2.75) is 96.7 Å². The number of carbonyl (C=O) groups is 2. The Kier molecular flexibility index (Phi) is 9.13. The Morgan fingerprint density at radius 2 is 1.73 bits per heavy atom. The number of hydrogen-bond acceptors (Lipinski definition) is 7. The van der Waals surface area contributed by atoms with Gasteiger partial charge in [0, 0.05) is 29.7 Å². The molecule has 2 aromatic heterocycles. The van der Waals surface area contributed by atoms with Gasteiger partial charge in [0.1, 0.15) is 16.9 Å². The van der Waals surface area contributed by atoms with E-state index in [1.807, 2.05) is 50.6 Å². The number of esters is 2. The lowest BCUT2D eigenvalue weighted by atomic mass is 9.81. The number of rotatable bonds is 7. The van der Waals surface area contributed by atoms with Crippen LogP contribution in [0.3, 0.4) is 0 Å². The first kappa shape index (κ1) is 33.1. The highest BCUT2D eigenvalue weighted by Crippen LogP contribution is 2.48. The molecule has 0 bridgehead atoms. The molecule has 1 aliphatic carbocycles. The van der Waals surface area contributed by atoms with E-state index in [1.165, 1.54) is 24.8 Å². The first-order valence-electron chi connectivity index (χ1n) is 17.8. The summed E-state index contributed by atoms with van der Waals surface area (Å²) in [4.78, 5) is 27.0. The van der Waals surface area contributed by atoms with Gasteiger partial charge in [-0.1, -0.05) is 25.3 Å². The van der Waals surface area contributed by atoms with Gasteiger partial charge in [-0.3, -0.25) is 4.68 Å². The van der Waals surface area contributed by atoms with Crippen LogP contribution in [0.2, 0.25) is 0 Å². The lowest BCUT2D eigenvalue weighted by molar-refractivity contribution is 0.00693. The minimum atomic E-state index is -0.616. The third-order valence-corrected chi connectivity index (χ3v) is 10.1. The minimum absolute atomic E-state index is 0.0818. The van der Waals surface area contributed by atoms with E-state index in [2.05, 4.69) is 28.8 Å². The number of allylic oxidation sites excluding steroid dienone is 1. The Morgan fingerprint density at radius 1 is 0.959 bits per heavy atom. The molecule has 2 aromatic carbocycles. The molecule has 0 radical (unpaired) electrons. The highest BCUT2D eigenvalue weighted by atomic mass is 16.6. The zero-order valence-electron chi connectivity index (χ0n) is 29.3. The van der Waals surface area contributed by atoms with E-state index in [0.29, 0.717) is 36.8 Å². The number of nitrogens with zero attached hydrogens (tertiary/aromatic N) is 3. The average molecular weight is 666 g/mol. The molecule has 3 aliphatic rings. The van der Waals surface area contributed by atoms with E-state index in [-0.39, 0.29) is 24.6 Å². The molecule has 9 nitrogen and oxygen atoms in total. The van der Waals surface area contributed by atoms with Gasteiger partial charge in [-0.05, 0) is 112 Å². The Bertz CT molecular complexity index is 1910. The molecule has 9 heteroatoms. The zero-order valence-corrected chi connectivity index (χ0v) is 29.3. The van der Waals surface area contributed by atoms with E-state index in [4.69, 9.17) is 24.0 Å². The molecule has 2 aliphatic heterocycles. The molecule has 0 atom stereocenters. The van der Waals surface area contributed by atoms with Crippen molar-refractivity contribution in [2.75, 3.05) is 26.9 Å². The van der Waals surface area contributed by atoms with Gasteiger partial charge in [-0.25, -0.2) is 9.59 Å². The van der Waals surface area contributed by atoms with Gasteiger partial charge in [0.25, 0.3) is 0 Å². The molecule has 1 saturated carbocycles. The molecule has 0 spiro atoms. The predicted octanol–water partition coefficient (Wildman–Crippen LogP) is 8.60. The topological polar surface area (TPSA) is 93.8 Å². The molecule has 49 heavy (non-hydrogen) atoms. The summed E-state index contributed by atoms with van der Waals surface area (Å²) < 4.78 is 27.2. The first-order chi connectivity index (χ1) is 23.7. The predicted molar refractivity (Wildman–Crippen MR) is 190 cm³/mol. The molecule has 7 rings (SSSR count). The standard InChI is InChI=1S/C40H47N3O6/c1-6-48-39(45)33-23-41-43(29-16-18-47-19-17-29)36(33)28-20-27-21-30(46-5)13-15-31(27)37-35(25-10-8-7-9-11-25)32-14-12-26(22-34(32)42(37)24-28)38(44)49-40(2,3)4/h12-15,20-23,25,29H,6-11,16-19,24H2,1-5H3. The highest BCUT2D eigenvalue weighted by molar-refractivity contribution is 6.03. The van der Waals surface area contributed by atoms with Crippen LogP contribution in [-0.2, 0) is 20.8 Å². The van der Waals surface area contributed by atoms with Crippen LogP contribution < -0.4 is 4.74 Å². The molecular weight excluding hydrogens is 618 g/mol. The fourth-order valence-electron chi connectivity index (χ4n) is 7.90. The maximum absolute atomic E-state index is 13.5. The van der Waals surface area contributed by atoms with Crippen molar-refractivity contribution >= 4 is 34.5 Å². The van der Waals surface area contributed by atoms with Crippen molar-refractivity contribution in [2.24, 2.45) is 0 Å². The molecule has 1 saturated heterocycles. The fourth-order valence-corrected chi connectivity index (χ4v) is 7.90. The number of carbonyl (C=O) groups excluding carboxylic acids is 2. The zero-order chi connectivity index (χ0) is 34.3. The summed E-state index contributed by atoms with van der Waals surface area (Å²) in [6.07, 6.45) is 11.3. The normalized spacial score (nSPS) is 17.2. The van der Waals surface area contributed by atoms with E-state index >= 15 is 0 Å². The third-order valence-electron chi connectivity index (χ3n) is 10.1. The second-order valence-electron chi connectivity index (χ2n) is 14.5. The Morgan fingerprint density at radius 3 is 2.45 bits per heavy atom. The summed E-state index contributed by atoms with van der Waals surface area (Å²) in [6, 6.07) is 12.4. The van der Waals surface area contributed by atoms with Crippen molar-refractivity contribution in [3.63, 3.8) is 0 Å². The summed E-state index contributed by atoms with van der Waals surface area (Å²) in [5.74, 6) is 0.411. The lowest BCUT2D eigenvalue weighted by Gasteiger charge is -2.25. The first-order valence-corrected chi connectivity index (χ1v) is 17.8. The molecule has 4 heterocycles. The van der Waals surface area contributed by atoms with E-state index in [9.17, 15) is 9.59 Å². The molecule has 0 amide bonds. The van der Waals surface area contributed by atoms with Crippen LogP contribution in [0, 0.1) is 0 Å². The van der Waals surface area contributed by atoms with Crippen LogP contribution in [0.4, 0.5) is 0 Å². The number of hydrogen-bond donors (Lipinski definition) is 0. The quantitative estimate of drug-likeness (QED) is 0.183. The molecule has 0 unspecified atom stereocenters. The summed E-state index contributed by atoms with van der Waals surface area (Å²) in [5.41, 5.74) is 7.62. The molecule has 258 valence electrons. The second-order valence-corrected chi connectivity index (χ2v) is 14.5. The van der Waals surface area contributed by atoms with Crippen molar-refractivity contribution in [3.05, 3.63) is 70.5 Å². The van der Waals surface area contributed by atoms with Gasteiger partial charge < -0.3 is 23.5 Å². The number of methoxy groups -OCH3 is 1. The summed E-state index contributed by atoms with van der Waals surface area (Å²) in [6.45, 7) is 9.50. The largest absolute Gasteiger partial charge is 0.497 e. The van der Waals surface area contributed by atoms with Gasteiger partial charge in [-0.15, -0.1) is 0 Å². The van der Waals surface area contributed by atoms with Gasteiger partial charge in [0.2, 0.25) is 0 Å². The van der Waals surface area contributed by atoms with Crippen LogP contribution >= 0.6 is 0 Å². The molecule has 0 N–H and O–H groups in total. The highest BCUT2D eigenvalue weighted by Gasteiger charge is 2.33. The van der Waals surface area contributed by atoms with Crippen molar-refractivity contribution < 1.29 is 28.5 Å². The van der Waals surface area contributed by atoms with Gasteiger partial charge in [0.05, 0.1) is 49.5 Å². The maximum atomic E-state index is 13.5. The summed E-state index contributed by atoms with van der Waals surface area (Å²) >= 11 is 0. The summed E-state index contributed by atoms with van der Waals surface area (Å²) in [5, 5.41) is 5.98. The van der Waals surface area contributed by atoms with Crippen molar-refractivity contribution in [1.82, 2.24) is 14.3 Å². The van der Waals surface area contributed by atoms with Crippen LogP contribution in [0.1, 0.15) is 122 Å². The lowest BCUT2D eigenvalue weighted by Crippen LogP contribution is -2.24. The molecular formula is C40H47N3O6. The third kappa shape index (κ3) is 6.41. The van der Waals surface area contributed by atoms with E-state index in [1.54, 1.807) is 13.3 Å². The van der Waals surface area contributed by atoms with Crippen molar-refractivity contribution in [1.29, 1.82) is 0 Å². The smallest absolute Gasteiger partial charge is 0.341 e. The summed E-state index contributed by atoms with van der Waals surface area (Å²) in [7, 11) is 1.69. The number of benzene rings is 2. The van der Waals surface area contributed by atoms with E-state index < -0.39 is 5.60 Å². The van der Waals surface area contributed by atoms with Crippen LogP contribution in [0.15, 0.2) is 42.6 Å². The Hall–Kier alpha value is -4.37. The van der Waals surface area contributed by atoms with Crippen LogP contribution in [0.5, 0.6) is 5.75 Å². The SMILES string of the molecule is CCOC(=O)c1cnn(C2CCOCC2)c1C1=Cc2cc(OC)ccc2-c2c(C3CCCCC3)c3ccc(C(=O)OC(C)(C)C)cc3n2C1. The van der Waals surface area contributed by atoms with Gasteiger partial charge in [0.15, 0.2) is 0 Å². The number of fused-ring (bicyclic) bond motifs is 5. The number of aromatic nitrogens is 3. The van der Waals surface area contributed by atoms with Crippen LogP contribution in [-0.4, -0.2) is 58.8 Å². The van der Waals surface area contributed by atoms with E-state index in [0.717, 1.165) is 70.4 Å². The minimum Gasteiger partial charge on any atom is -0.497 e. The second kappa shape index (κ2) is 13.5. The molecule has 4 aromatic rings. The monoisotopic (exact) mass is 665 g/mol. The average Bonchev–Trinajstić information content (AvgIpc) is 3.63. The maximum Gasteiger partial charge on any atom is 0.341 e. The molecule has 2 fully saturated rings. The fraction of sp³-hybridized carbons (Fsp3) is 0.475. The van der Waals surface area contributed by atoms with Crippen LogP contribution in [0.25, 0.3) is 33.8 Å². The van der Waals surface area contributed by atoms with Crippen molar-refractivity contribution in [3.8, 4) is 17.0 Å². The number of ether oxygens (including phenoxy) is 4. The Balaban J connectivity index is 1.50. The van der Waals surface area contributed by atoms with Gasteiger partial charge >= 0.3 is 11.9 Å².